The third-order valence-corrected chi connectivity index (χ3v) is 4.50. The standard InChI is InChI=1S/C18H26N6O/c19-16-17(20-7-6-15-4-2-1-3-5-15)21-14-22-18(16)24-10-8-23(9-11-24)12-13-25/h1-5,14,25H,6-13,19H2,(H,20,21,22). The van der Waals surface area contributed by atoms with Crippen molar-refractivity contribution < 1.29 is 5.11 Å². The predicted octanol–water partition coefficient (Wildman–Crippen LogP) is 0.828. The van der Waals surface area contributed by atoms with Gasteiger partial charge >= 0.3 is 0 Å². The molecule has 1 aliphatic rings. The van der Waals surface area contributed by atoms with Crippen molar-refractivity contribution in [2.75, 3.05) is 61.8 Å². The number of aromatic nitrogens is 2. The molecule has 1 saturated heterocycles. The highest BCUT2D eigenvalue weighted by molar-refractivity contribution is 5.75. The number of nitrogens with zero attached hydrogens (tertiary/aromatic N) is 4. The SMILES string of the molecule is Nc1c(NCCc2ccccc2)ncnc1N1CCN(CCO)CC1. The number of hydrogen-bond donors (Lipinski definition) is 3. The van der Waals surface area contributed by atoms with Crippen molar-refractivity contribution in [3.05, 3.63) is 42.2 Å². The zero-order valence-electron chi connectivity index (χ0n) is 14.4. The number of rotatable bonds is 7. The zero-order valence-corrected chi connectivity index (χ0v) is 14.4. The van der Waals surface area contributed by atoms with E-state index in [9.17, 15) is 0 Å². The Labute approximate surface area is 148 Å². The van der Waals surface area contributed by atoms with Crippen LogP contribution >= 0.6 is 0 Å². The first-order valence-electron chi connectivity index (χ1n) is 8.74. The van der Waals surface area contributed by atoms with Gasteiger partial charge in [-0.1, -0.05) is 30.3 Å². The van der Waals surface area contributed by atoms with Gasteiger partial charge in [0.25, 0.3) is 0 Å². The Morgan fingerprint density at radius 3 is 2.56 bits per heavy atom. The molecule has 7 heteroatoms. The molecule has 2 aromatic rings. The van der Waals surface area contributed by atoms with Crippen molar-refractivity contribution in [2.24, 2.45) is 0 Å². The Morgan fingerprint density at radius 1 is 1.08 bits per heavy atom. The lowest BCUT2D eigenvalue weighted by molar-refractivity contribution is 0.188. The van der Waals surface area contributed by atoms with Gasteiger partial charge in [-0.3, -0.25) is 4.90 Å². The van der Waals surface area contributed by atoms with Crippen molar-refractivity contribution in [2.45, 2.75) is 6.42 Å². The molecule has 134 valence electrons. The second kappa shape index (κ2) is 8.64. The summed E-state index contributed by atoms with van der Waals surface area (Å²) in [5.74, 6) is 1.49. The topological polar surface area (TPSA) is 90.5 Å². The van der Waals surface area contributed by atoms with E-state index in [1.807, 2.05) is 18.2 Å². The number of aliphatic hydroxyl groups is 1. The number of aliphatic hydroxyl groups excluding tert-OH is 1. The number of anilines is 3. The van der Waals surface area contributed by atoms with Gasteiger partial charge < -0.3 is 21.1 Å². The number of benzene rings is 1. The molecule has 1 aromatic heterocycles. The molecule has 0 spiro atoms. The van der Waals surface area contributed by atoms with Gasteiger partial charge in [0.2, 0.25) is 0 Å². The molecule has 0 unspecified atom stereocenters. The van der Waals surface area contributed by atoms with E-state index in [4.69, 9.17) is 10.8 Å². The predicted molar refractivity (Wildman–Crippen MR) is 101 cm³/mol. The van der Waals surface area contributed by atoms with Crippen LogP contribution in [0.3, 0.4) is 0 Å². The highest BCUT2D eigenvalue weighted by Gasteiger charge is 2.20. The summed E-state index contributed by atoms with van der Waals surface area (Å²) in [4.78, 5) is 13.1. The van der Waals surface area contributed by atoms with Crippen LogP contribution in [-0.2, 0) is 6.42 Å². The molecule has 7 nitrogen and oxygen atoms in total. The summed E-state index contributed by atoms with van der Waals surface area (Å²) in [7, 11) is 0. The molecule has 1 fully saturated rings. The molecule has 0 radical (unpaired) electrons. The summed E-state index contributed by atoms with van der Waals surface area (Å²) in [6.07, 6.45) is 2.48. The van der Waals surface area contributed by atoms with Crippen LogP contribution in [0.2, 0.25) is 0 Å². The average Bonchev–Trinajstić information content (AvgIpc) is 2.65. The molecule has 0 atom stereocenters. The first-order valence-corrected chi connectivity index (χ1v) is 8.74. The lowest BCUT2D eigenvalue weighted by atomic mass is 10.1. The second-order valence-corrected chi connectivity index (χ2v) is 6.17. The van der Waals surface area contributed by atoms with Crippen LogP contribution in [0.5, 0.6) is 0 Å². The third kappa shape index (κ3) is 4.58. The quantitative estimate of drug-likeness (QED) is 0.686. The molecule has 4 N–H and O–H groups in total. The van der Waals surface area contributed by atoms with Crippen LogP contribution in [0, 0.1) is 0 Å². The van der Waals surface area contributed by atoms with Gasteiger partial charge in [0, 0.05) is 39.3 Å². The van der Waals surface area contributed by atoms with Crippen LogP contribution in [-0.4, -0.2) is 65.8 Å². The van der Waals surface area contributed by atoms with Gasteiger partial charge in [-0.15, -0.1) is 0 Å². The molecule has 2 heterocycles. The van der Waals surface area contributed by atoms with Crippen molar-refractivity contribution >= 4 is 17.3 Å². The van der Waals surface area contributed by atoms with Gasteiger partial charge in [0.05, 0.1) is 6.61 Å². The highest BCUT2D eigenvalue weighted by atomic mass is 16.3. The van der Waals surface area contributed by atoms with Gasteiger partial charge in [-0.25, -0.2) is 9.97 Å². The van der Waals surface area contributed by atoms with Crippen LogP contribution in [0.4, 0.5) is 17.3 Å². The molecule has 1 aliphatic heterocycles. The van der Waals surface area contributed by atoms with E-state index in [0.717, 1.165) is 51.5 Å². The molecule has 0 bridgehead atoms. The Morgan fingerprint density at radius 2 is 1.84 bits per heavy atom. The van der Waals surface area contributed by atoms with Crippen molar-refractivity contribution in [3.63, 3.8) is 0 Å². The fourth-order valence-corrected chi connectivity index (χ4v) is 3.07. The highest BCUT2D eigenvalue weighted by Crippen LogP contribution is 2.26. The first-order chi connectivity index (χ1) is 12.3. The van der Waals surface area contributed by atoms with E-state index in [2.05, 4.69) is 37.2 Å². The van der Waals surface area contributed by atoms with Crippen LogP contribution < -0.4 is 16.0 Å². The average molecular weight is 342 g/mol. The Balaban J connectivity index is 1.58. The summed E-state index contributed by atoms with van der Waals surface area (Å²) < 4.78 is 0. The van der Waals surface area contributed by atoms with Crippen molar-refractivity contribution in [1.82, 2.24) is 14.9 Å². The molecular weight excluding hydrogens is 316 g/mol. The normalized spacial score (nSPS) is 15.3. The van der Waals surface area contributed by atoms with Gasteiger partial charge in [-0.2, -0.15) is 0 Å². The van der Waals surface area contributed by atoms with Gasteiger partial charge in [0.1, 0.15) is 12.0 Å². The number of nitrogen functional groups attached to an aromatic ring is 1. The van der Waals surface area contributed by atoms with E-state index in [0.29, 0.717) is 11.5 Å². The first kappa shape index (κ1) is 17.4. The lowest BCUT2D eigenvalue weighted by Crippen LogP contribution is -2.47. The van der Waals surface area contributed by atoms with E-state index >= 15 is 0 Å². The number of nitrogens with one attached hydrogen (secondary N) is 1. The molecule has 3 rings (SSSR count). The number of piperazine rings is 1. The summed E-state index contributed by atoms with van der Waals surface area (Å²) >= 11 is 0. The molecule has 0 amide bonds. The Bertz CT molecular complexity index is 658. The monoisotopic (exact) mass is 342 g/mol. The second-order valence-electron chi connectivity index (χ2n) is 6.17. The number of nitrogens with two attached hydrogens (primary N) is 1. The molecule has 25 heavy (non-hydrogen) atoms. The maximum atomic E-state index is 9.04. The minimum Gasteiger partial charge on any atom is -0.395 e. The molecule has 0 aliphatic carbocycles. The summed E-state index contributed by atoms with van der Waals surface area (Å²) in [6, 6.07) is 10.3. The van der Waals surface area contributed by atoms with E-state index in [-0.39, 0.29) is 6.61 Å². The maximum Gasteiger partial charge on any atom is 0.157 e. The van der Waals surface area contributed by atoms with Gasteiger partial charge in [-0.05, 0) is 12.0 Å². The van der Waals surface area contributed by atoms with Crippen LogP contribution in [0.25, 0.3) is 0 Å². The van der Waals surface area contributed by atoms with E-state index in [1.54, 1.807) is 6.33 Å². The molecular formula is C18H26N6O. The van der Waals surface area contributed by atoms with Crippen molar-refractivity contribution in [3.8, 4) is 0 Å². The van der Waals surface area contributed by atoms with Crippen molar-refractivity contribution in [1.29, 1.82) is 0 Å². The summed E-state index contributed by atoms with van der Waals surface area (Å²) in [5.41, 5.74) is 8.19. The smallest absolute Gasteiger partial charge is 0.157 e. The number of hydrogen-bond acceptors (Lipinski definition) is 7. The summed E-state index contributed by atoms with van der Waals surface area (Å²) in [6.45, 7) is 5.20. The maximum absolute atomic E-state index is 9.04. The fourth-order valence-electron chi connectivity index (χ4n) is 3.07. The Hall–Kier alpha value is -2.38. The largest absolute Gasteiger partial charge is 0.395 e. The van der Waals surface area contributed by atoms with E-state index in [1.165, 1.54) is 5.56 Å². The fraction of sp³-hybridized carbons (Fsp3) is 0.444. The summed E-state index contributed by atoms with van der Waals surface area (Å²) in [5, 5.41) is 12.4. The molecule has 0 saturated carbocycles. The van der Waals surface area contributed by atoms with Gasteiger partial charge in [0.15, 0.2) is 11.6 Å². The number of β-amino-alcohol motifs (C(OH)–C–C–N with tert-alkyl or cyclic N) is 1. The van der Waals surface area contributed by atoms with Crippen LogP contribution in [0.1, 0.15) is 5.56 Å². The Kier molecular flexibility index (Phi) is 6.03. The lowest BCUT2D eigenvalue weighted by Gasteiger charge is -2.35. The minimum atomic E-state index is 0.200. The minimum absolute atomic E-state index is 0.200. The third-order valence-electron chi connectivity index (χ3n) is 4.50. The van der Waals surface area contributed by atoms with E-state index < -0.39 is 0 Å². The zero-order chi connectivity index (χ0) is 17.5. The molecule has 1 aromatic carbocycles. The van der Waals surface area contributed by atoms with Crippen LogP contribution in [0.15, 0.2) is 36.7 Å².